The second-order valence-electron chi connectivity index (χ2n) is 9.18. The van der Waals surface area contributed by atoms with E-state index in [2.05, 4.69) is 10.0 Å². The van der Waals surface area contributed by atoms with Crippen LogP contribution in [0.15, 0.2) is 18.2 Å². The third kappa shape index (κ3) is 10.0. The molecule has 0 aromatic heterocycles. The summed E-state index contributed by atoms with van der Waals surface area (Å²) in [5, 5.41) is 23.6. The summed E-state index contributed by atoms with van der Waals surface area (Å²) in [4.78, 5) is 15.4. The molecule has 188 valence electrons. The molecule has 2 rings (SSSR count). The average Bonchev–Trinajstić information content (AvgIpc) is 2.71. The molecule has 12 heteroatoms. The number of benzene rings is 1. The Labute approximate surface area is 200 Å². The van der Waals surface area contributed by atoms with Gasteiger partial charge in [-0.15, -0.1) is 10.1 Å². The van der Waals surface area contributed by atoms with Gasteiger partial charge in [0.2, 0.25) is 10.0 Å². The topological polar surface area (TPSA) is 140 Å². The Bertz CT molecular complexity index is 898. The molecule has 0 saturated heterocycles. The number of aryl methyl sites for hydroxylation is 1. The Hall–Kier alpha value is -1.66. The van der Waals surface area contributed by atoms with Gasteiger partial charge in [-0.2, -0.15) is 0 Å². The molecule has 1 aromatic rings. The van der Waals surface area contributed by atoms with Crippen LogP contribution in [0.5, 0.6) is 5.75 Å². The van der Waals surface area contributed by atoms with E-state index in [4.69, 9.17) is 21.2 Å². The maximum atomic E-state index is 12.6. The molecule has 1 fully saturated rings. The molecule has 1 aliphatic rings. The molecule has 3 N–H and O–H groups in total. The van der Waals surface area contributed by atoms with Crippen molar-refractivity contribution in [2.75, 3.05) is 25.4 Å². The Morgan fingerprint density at radius 1 is 1.33 bits per heavy atom. The Morgan fingerprint density at radius 3 is 2.73 bits per heavy atom. The molecule has 1 aromatic carbocycles. The lowest BCUT2D eigenvalue weighted by atomic mass is 9.87. The smallest absolute Gasteiger partial charge is 0.294 e. The summed E-state index contributed by atoms with van der Waals surface area (Å²) < 4.78 is 33.4. The number of aliphatic hydroxyl groups excluding tert-OH is 1. The fraction of sp³-hybridized carbons (Fsp3) is 0.714. The summed E-state index contributed by atoms with van der Waals surface area (Å²) in [5.74, 6) is -0.00338. The number of hydrogen-bond acceptors (Lipinski definition) is 8. The molecular weight excluding hydrogens is 474 g/mol. The molecule has 0 amide bonds. The van der Waals surface area contributed by atoms with Crippen molar-refractivity contribution in [2.45, 2.75) is 64.2 Å². The maximum absolute atomic E-state index is 12.6. The fourth-order valence-corrected chi connectivity index (χ4v) is 5.62. The molecule has 10 nitrogen and oxygen atoms in total. The number of rotatable bonds is 13. The van der Waals surface area contributed by atoms with Crippen molar-refractivity contribution in [1.29, 1.82) is 0 Å². The van der Waals surface area contributed by atoms with E-state index in [1.54, 1.807) is 26.0 Å². The summed E-state index contributed by atoms with van der Waals surface area (Å²) in [6.45, 7) is 5.55. The standard InChI is InChI=1S/C21H34ClN3O7S/c1-15-8-9-18(22)20(10-15)31-13-17(26)12-23-21(2,3)14-33(29,30)24-11-16-6-4-5-7-19(16)32-25(27)28/h8-10,16-17,19,23-24,26H,4-7,11-14H2,1-3H3/t16-,17?,19+/m0/s1. The van der Waals surface area contributed by atoms with Crippen molar-refractivity contribution in [3.8, 4) is 5.75 Å². The van der Waals surface area contributed by atoms with Crippen molar-refractivity contribution in [3.05, 3.63) is 38.9 Å². The van der Waals surface area contributed by atoms with Crippen molar-refractivity contribution in [2.24, 2.45) is 5.92 Å². The number of hydrogen-bond donors (Lipinski definition) is 3. The summed E-state index contributed by atoms with van der Waals surface area (Å²) in [5.41, 5.74) is 0.141. The number of β-amino-alcohol motifs (C(OH)–C–C–N with tert-alkyl or cyclic N) is 1. The van der Waals surface area contributed by atoms with E-state index >= 15 is 0 Å². The molecule has 3 atom stereocenters. The van der Waals surface area contributed by atoms with Gasteiger partial charge in [0.05, 0.1) is 10.8 Å². The predicted octanol–water partition coefficient (Wildman–Crippen LogP) is 2.44. The van der Waals surface area contributed by atoms with Crippen molar-refractivity contribution in [1.82, 2.24) is 10.0 Å². The second kappa shape index (κ2) is 12.2. The van der Waals surface area contributed by atoms with Crippen LogP contribution < -0.4 is 14.8 Å². The first kappa shape index (κ1) is 27.6. The minimum absolute atomic E-state index is 0.00321. The molecule has 0 radical (unpaired) electrons. The fourth-order valence-electron chi connectivity index (χ4n) is 3.83. The highest BCUT2D eigenvalue weighted by Crippen LogP contribution is 2.27. The lowest BCUT2D eigenvalue weighted by Gasteiger charge is -2.31. The third-order valence-corrected chi connectivity index (χ3v) is 7.53. The number of halogens is 1. The molecule has 1 aliphatic carbocycles. The van der Waals surface area contributed by atoms with E-state index in [0.29, 0.717) is 23.6 Å². The lowest BCUT2D eigenvalue weighted by Crippen LogP contribution is -2.51. The maximum Gasteiger partial charge on any atom is 0.294 e. The van der Waals surface area contributed by atoms with Gasteiger partial charge in [-0.1, -0.05) is 30.5 Å². The largest absolute Gasteiger partial charge is 0.489 e. The zero-order valence-corrected chi connectivity index (χ0v) is 20.8. The second-order valence-corrected chi connectivity index (χ2v) is 11.4. The number of sulfonamides is 1. The van der Waals surface area contributed by atoms with Crippen LogP contribution in [-0.2, 0) is 14.9 Å². The summed E-state index contributed by atoms with van der Waals surface area (Å²) >= 11 is 6.08. The lowest BCUT2D eigenvalue weighted by molar-refractivity contribution is -0.771. The van der Waals surface area contributed by atoms with Crippen LogP contribution in [-0.4, -0.2) is 61.8 Å². The zero-order valence-electron chi connectivity index (χ0n) is 19.3. The van der Waals surface area contributed by atoms with Crippen LogP contribution in [0.3, 0.4) is 0 Å². The zero-order chi connectivity index (χ0) is 24.6. The number of nitrogens with one attached hydrogen (secondary N) is 2. The molecule has 33 heavy (non-hydrogen) atoms. The Balaban J connectivity index is 1.80. The average molecular weight is 508 g/mol. The van der Waals surface area contributed by atoms with Crippen molar-refractivity contribution in [3.63, 3.8) is 0 Å². The van der Waals surface area contributed by atoms with Crippen LogP contribution in [0.2, 0.25) is 5.02 Å². The molecule has 1 unspecified atom stereocenters. The first-order valence-electron chi connectivity index (χ1n) is 11.0. The minimum Gasteiger partial charge on any atom is -0.489 e. The van der Waals surface area contributed by atoms with Crippen LogP contribution in [0, 0.1) is 23.0 Å². The number of aliphatic hydroxyl groups is 1. The van der Waals surface area contributed by atoms with Gasteiger partial charge < -0.3 is 20.0 Å². The number of nitrogens with zero attached hydrogens (tertiary/aromatic N) is 1. The van der Waals surface area contributed by atoms with Crippen molar-refractivity contribution >= 4 is 21.6 Å². The highest BCUT2D eigenvalue weighted by molar-refractivity contribution is 7.89. The first-order chi connectivity index (χ1) is 15.4. The van der Waals surface area contributed by atoms with E-state index in [-0.39, 0.29) is 31.4 Å². The van der Waals surface area contributed by atoms with E-state index in [9.17, 15) is 23.6 Å². The SMILES string of the molecule is Cc1ccc(Cl)c(OCC(O)CNC(C)(C)CS(=O)(=O)NC[C@@H]2CCCC[C@H]2O[N+](=O)[O-])c1. The molecule has 0 bridgehead atoms. The van der Waals surface area contributed by atoms with Gasteiger partial charge in [0.25, 0.3) is 5.09 Å². The van der Waals surface area contributed by atoms with Gasteiger partial charge in [-0.05, 0) is 57.2 Å². The first-order valence-corrected chi connectivity index (χ1v) is 13.0. The minimum atomic E-state index is -3.67. The summed E-state index contributed by atoms with van der Waals surface area (Å²) in [7, 11) is -3.67. The molecule has 0 heterocycles. The van der Waals surface area contributed by atoms with E-state index in [0.717, 1.165) is 18.4 Å². The van der Waals surface area contributed by atoms with Gasteiger partial charge in [0.1, 0.15) is 24.6 Å². The Morgan fingerprint density at radius 2 is 2.03 bits per heavy atom. The highest BCUT2D eigenvalue weighted by atomic mass is 35.5. The predicted molar refractivity (Wildman–Crippen MR) is 125 cm³/mol. The molecule has 1 saturated carbocycles. The van der Waals surface area contributed by atoms with Crippen molar-refractivity contribution < 1.29 is 28.2 Å². The van der Waals surface area contributed by atoms with Gasteiger partial charge in [0.15, 0.2) is 0 Å². The van der Waals surface area contributed by atoms with Gasteiger partial charge in [0, 0.05) is 18.6 Å². The van der Waals surface area contributed by atoms with Crippen LogP contribution in [0.25, 0.3) is 0 Å². The van der Waals surface area contributed by atoms with Crippen LogP contribution in [0.4, 0.5) is 0 Å². The van der Waals surface area contributed by atoms with Gasteiger partial charge in [-0.25, -0.2) is 13.1 Å². The normalized spacial score (nSPS) is 20.3. The van der Waals surface area contributed by atoms with Gasteiger partial charge >= 0.3 is 0 Å². The summed E-state index contributed by atoms with van der Waals surface area (Å²) in [6.07, 6.45) is 1.43. The number of ether oxygens (including phenoxy) is 1. The van der Waals surface area contributed by atoms with Gasteiger partial charge in [-0.3, -0.25) is 0 Å². The monoisotopic (exact) mass is 507 g/mol. The van der Waals surface area contributed by atoms with Crippen LogP contribution >= 0.6 is 11.6 Å². The molecule has 0 spiro atoms. The van der Waals surface area contributed by atoms with E-state index in [1.165, 1.54) is 0 Å². The van der Waals surface area contributed by atoms with Crippen LogP contribution in [0.1, 0.15) is 45.1 Å². The molecule has 0 aliphatic heterocycles. The highest BCUT2D eigenvalue weighted by Gasteiger charge is 2.31. The quantitative estimate of drug-likeness (QED) is 0.273. The summed E-state index contributed by atoms with van der Waals surface area (Å²) in [6, 6.07) is 5.35. The molecular formula is C21H34ClN3O7S. The van der Waals surface area contributed by atoms with E-state index < -0.39 is 32.9 Å². The Kier molecular flexibility index (Phi) is 10.2. The van der Waals surface area contributed by atoms with E-state index in [1.807, 2.05) is 13.0 Å². The third-order valence-electron chi connectivity index (χ3n) is 5.51.